The standard InChI is InChI=1S/C28H42O7/c1-7-33-27(31)24(20(5)29)26(25(21(6)30)28(32)34-8-2)22-14-16-23(17-15-22)35-18-12-10-9-11-13-19(3)4/h14-17,19,24-26H,7-13,18H2,1-6H3. The molecule has 2 atom stereocenters. The van der Waals surface area contributed by atoms with Crippen LogP contribution in [0.2, 0.25) is 0 Å². The maximum absolute atomic E-state index is 12.7. The Hall–Kier alpha value is -2.70. The lowest BCUT2D eigenvalue weighted by molar-refractivity contribution is -0.157. The Labute approximate surface area is 209 Å². The van der Waals surface area contributed by atoms with Gasteiger partial charge in [0, 0.05) is 5.92 Å². The molecule has 2 unspecified atom stereocenters. The van der Waals surface area contributed by atoms with Gasteiger partial charge in [0.1, 0.15) is 29.2 Å². The number of unbranched alkanes of at least 4 members (excludes halogenated alkanes) is 3. The molecule has 0 N–H and O–H groups in total. The van der Waals surface area contributed by atoms with Crippen molar-refractivity contribution >= 4 is 23.5 Å². The van der Waals surface area contributed by atoms with Crippen LogP contribution < -0.4 is 4.74 Å². The molecule has 0 spiro atoms. The third-order valence-electron chi connectivity index (χ3n) is 5.88. The summed E-state index contributed by atoms with van der Waals surface area (Å²) in [6.45, 7) is 11.0. The zero-order valence-electron chi connectivity index (χ0n) is 22.1. The molecule has 0 fully saturated rings. The predicted octanol–water partition coefficient (Wildman–Crippen LogP) is 5.29. The van der Waals surface area contributed by atoms with Crippen LogP contribution in [-0.2, 0) is 28.7 Å². The van der Waals surface area contributed by atoms with Crippen molar-refractivity contribution in [3.63, 3.8) is 0 Å². The Bertz CT molecular complexity index is 777. The van der Waals surface area contributed by atoms with Crippen molar-refractivity contribution in [3.05, 3.63) is 29.8 Å². The molecule has 0 aliphatic rings. The molecule has 0 heterocycles. The van der Waals surface area contributed by atoms with Crippen molar-refractivity contribution in [3.8, 4) is 5.75 Å². The molecule has 1 rings (SSSR count). The molecule has 1 aromatic carbocycles. The normalized spacial score (nSPS) is 13.6. The molecule has 0 saturated carbocycles. The summed E-state index contributed by atoms with van der Waals surface area (Å²) >= 11 is 0. The fourth-order valence-corrected chi connectivity index (χ4v) is 4.16. The average molecular weight is 491 g/mol. The molecule has 196 valence electrons. The Morgan fingerprint density at radius 3 is 1.66 bits per heavy atom. The lowest BCUT2D eigenvalue weighted by Gasteiger charge is -2.29. The summed E-state index contributed by atoms with van der Waals surface area (Å²) < 4.78 is 16.1. The van der Waals surface area contributed by atoms with E-state index in [2.05, 4.69) is 13.8 Å². The van der Waals surface area contributed by atoms with E-state index in [4.69, 9.17) is 14.2 Å². The number of hydrogen-bond acceptors (Lipinski definition) is 7. The highest BCUT2D eigenvalue weighted by Crippen LogP contribution is 2.36. The number of rotatable bonds is 17. The van der Waals surface area contributed by atoms with Gasteiger partial charge in [-0.2, -0.15) is 0 Å². The first-order valence-electron chi connectivity index (χ1n) is 12.7. The highest BCUT2D eigenvalue weighted by Gasteiger charge is 2.45. The molecule has 0 saturated heterocycles. The minimum absolute atomic E-state index is 0.0731. The number of carbonyl (C=O) groups is 4. The highest BCUT2D eigenvalue weighted by atomic mass is 16.5. The van der Waals surface area contributed by atoms with Gasteiger partial charge in [-0.3, -0.25) is 19.2 Å². The summed E-state index contributed by atoms with van der Waals surface area (Å²) in [5.74, 6) is -4.80. The van der Waals surface area contributed by atoms with Gasteiger partial charge in [-0.1, -0.05) is 51.7 Å². The molecule has 0 bridgehead atoms. The highest BCUT2D eigenvalue weighted by molar-refractivity contribution is 6.04. The van der Waals surface area contributed by atoms with Crippen LogP contribution in [0.5, 0.6) is 5.75 Å². The van der Waals surface area contributed by atoms with Crippen molar-refractivity contribution in [2.45, 2.75) is 79.6 Å². The van der Waals surface area contributed by atoms with E-state index >= 15 is 0 Å². The zero-order chi connectivity index (χ0) is 26.4. The molecule has 7 heteroatoms. The van der Waals surface area contributed by atoms with Crippen LogP contribution in [0.25, 0.3) is 0 Å². The van der Waals surface area contributed by atoms with Gasteiger partial charge in [-0.15, -0.1) is 0 Å². The van der Waals surface area contributed by atoms with Crippen molar-refractivity contribution in [2.75, 3.05) is 19.8 Å². The van der Waals surface area contributed by atoms with Gasteiger partial charge in [-0.25, -0.2) is 0 Å². The van der Waals surface area contributed by atoms with E-state index < -0.39 is 41.3 Å². The van der Waals surface area contributed by atoms with E-state index in [1.54, 1.807) is 38.1 Å². The van der Waals surface area contributed by atoms with Gasteiger partial charge < -0.3 is 14.2 Å². The smallest absolute Gasteiger partial charge is 0.317 e. The molecule has 0 aliphatic carbocycles. The van der Waals surface area contributed by atoms with Crippen molar-refractivity contribution < 1.29 is 33.4 Å². The second kappa shape index (κ2) is 16.1. The number of benzene rings is 1. The summed E-state index contributed by atoms with van der Waals surface area (Å²) in [4.78, 5) is 50.6. The van der Waals surface area contributed by atoms with Gasteiger partial charge in [-0.05, 0) is 57.7 Å². The molecule has 0 amide bonds. The third kappa shape index (κ3) is 10.2. The quantitative estimate of drug-likeness (QED) is 0.166. The number of Topliss-reactive ketones (excluding diaryl/α,β-unsaturated/α-hetero) is 2. The molecule has 35 heavy (non-hydrogen) atoms. The number of hydrogen-bond donors (Lipinski definition) is 0. The number of ketones is 2. The number of ether oxygens (including phenoxy) is 3. The molecule has 0 radical (unpaired) electrons. The minimum atomic E-state index is -1.31. The molecular formula is C28H42O7. The minimum Gasteiger partial charge on any atom is -0.494 e. The Balaban J connectivity index is 3.08. The van der Waals surface area contributed by atoms with Crippen LogP contribution in [0.4, 0.5) is 0 Å². The lowest BCUT2D eigenvalue weighted by atomic mass is 9.73. The Morgan fingerprint density at radius 1 is 0.743 bits per heavy atom. The van der Waals surface area contributed by atoms with E-state index in [-0.39, 0.29) is 13.2 Å². The summed E-state index contributed by atoms with van der Waals surface area (Å²) in [6.07, 6.45) is 5.70. The van der Waals surface area contributed by atoms with Crippen LogP contribution in [0.15, 0.2) is 24.3 Å². The Morgan fingerprint density at radius 2 is 1.23 bits per heavy atom. The largest absolute Gasteiger partial charge is 0.494 e. The maximum Gasteiger partial charge on any atom is 0.317 e. The van der Waals surface area contributed by atoms with Gasteiger partial charge in [0.05, 0.1) is 19.8 Å². The first kappa shape index (κ1) is 30.3. The average Bonchev–Trinajstić information content (AvgIpc) is 2.78. The van der Waals surface area contributed by atoms with Crippen molar-refractivity contribution in [2.24, 2.45) is 17.8 Å². The van der Waals surface area contributed by atoms with Gasteiger partial charge in [0.2, 0.25) is 0 Å². The first-order valence-corrected chi connectivity index (χ1v) is 12.7. The maximum atomic E-state index is 12.7. The summed E-state index contributed by atoms with van der Waals surface area (Å²) in [5, 5.41) is 0. The van der Waals surface area contributed by atoms with Gasteiger partial charge in [0.15, 0.2) is 0 Å². The fourth-order valence-electron chi connectivity index (χ4n) is 4.16. The predicted molar refractivity (Wildman–Crippen MR) is 134 cm³/mol. The van der Waals surface area contributed by atoms with Crippen LogP contribution in [-0.4, -0.2) is 43.3 Å². The molecule has 0 aromatic heterocycles. The summed E-state index contributed by atoms with van der Waals surface area (Å²) in [5.41, 5.74) is 0.493. The van der Waals surface area contributed by atoms with E-state index in [9.17, 15) is 19.2 Å². The fraction of sp³-hybridized carbons (Fsp3) is 0.643. The molecule has 1 aromatic rings. The topological polar surface area (TPSA) is 96.0 Å². The summed E-state index contributed by atoms with van der Waals surface area (Å²) in [6, 6.07) is 6.83. The van der Waals surface area contributed by atoms with E-state index in [1.807, 2.05) is 0 Å². The second-order valence-corrected chi connectivity index (χ2v) is 9.22. The van der Waals surface area contributed by atoms with Crippen LogP contribution >= 0.6 is 0 Å². The summed E-state index contributed by atoms with van der Waals surface area (Å²) in [7, 11) is 0. The van der Waals surface area contributed by atoms with Crippen LogP contribution in [0.1, 0.15) is 85.1 Å². The van der Waals surface area contributed by atoms with E-state index in [1.165, 1.54) is 33.1 Å². The van der Waals surface area contributed by atoms with E-state index in [0.717, 1.165) is 18.8 Å². The molecule has 0 aliphatic heterocycles. The number of carbonyl (C=O) groups excluding carboxylic acids is 4. The van der Waals surface area contributed by atoms with E-state index in [0.29, 0.717) is 17.9 Å². The molecular weight excluding hydrogens is 448 g/mol. The lowest BCUT2D eigenvalue weighted by Crippen LogP contribution is -2.40. The van der Waals surface area contributed by atoms with Crippen molar-refractivity contribution in [1.82, 2.24) is 0 Å². The SMILES string of the molecule is CCOC(=O)C(C(C)=O)C(c1ccc(OCCCCCCC(C)C)cc1)C(C(C)=O)C(=O)OCC. The second-order valence-electron chi connectivity index (χ2n) is 9.22. The van der Waals surface area contributed by atoms with Crippen molar-refractivity contribution in [1.29, 1.82) is 0 Å². The zero-order valence-corrected chi connectivity index (χ0v) is 22.1. The third-order valence-corrected chi connectivity index (χ3v) is 5.88. The number of esters is 2. The van der Waals surface area contributed by atoms with Gasteiger partial charge in [0.25, 0.3) is 0 Å². The van der Waals surface area contributed by atoms with Crippen LogP contribution in [0.3, 0.4) is 0 Å². The Kier molecular flexibility index (Phi) is 13.9. The van der Waals surface area contributed by atoms with Gasteiger partial charge >= 0.3 is 11.9 Å². The monoisotopic (exact) mass is 490 g/mol. The van der Waals surface area contributed by atoms with Crippen LogP contribution in [0, 0.1) is 17.8 Å². The first-order chi connectivity index (χ1) is 16.6. The molecule has 7 nitrogen and oxygen atoms in total.